The Balaban J connectivity index is 1.80. The smallest absolute Gasteiger partial charge is 0.491 e. The van der Waals surface area contributed by atoms with Crippen LogP contribution in [-0.4, -0.2) is 39.9 Å². The number of rotatable bonds is 5. The summed E-state index contributed by atoms with van der Waals surface area (Å²) in [6, 6.07) is 8.20. The molecular formula is C22H15F4N3O5. The lowest BCUT2D eigenvalue weighted by Crippen LogP contribution is -2.50. The zero-order valence-electron chi connectivity index (χ0n) is 17.1. The molecule has 1 aliphatic heterocycles. The number of pyridine rings is 2. The van der Waals surface area contributed by atoms with E-state index in [-0.39, 0.29) is 41.3 Å². The van der Waals surface area contributed by atoms with Gasteiger partial charge >= 0.3 is 12.3 Å². The molecule has 0 saturated heterocycles. The van der Waals surface area contributed by atoms with Crippen LogP contribution in [0, 0.1) is 5.82 Å². The van der Waals surface area contributed by atoms with Gasteiger partial charge in [-0.3, -0.25) is 14.8 Å². The summed E-state index contributed by atoms with van der Waals surface area (Å²) >= 11 is 0. The van der Waals surface area contributed by atoms with Gasteiger partial charge in [0.2, 0.25) is 0 Å². The molecule has 3 heterocycles. The van der Waals surface area contributed by atoms with Gasteiger partial charge in [-0.1, -0.05) is 6.07 Å². The number of benzene rings is 1. The Morgan fingerprint density at radius 1 is 1.12 bits per heavy atom. The van der Waals surface area contributed by atoms with Gasteiger partial charge in [-0.05, 0) is 42.0 Å². The van der Waals surface area contributed by atoms with Crippen LogP contribution in [0.3, 0.4) is 0 Å². The monoisotopic (exact) mass is 477 g/mol. The molecule has 1 atom stereocenters. The third kappa shape index (κ3) is 4.47. The van der Waals surface area contributed by atoms with Crippen molar-refractivity contribution in [2.45, 2.75) is 18.3 Å². The Hall–Kier alpha value is -4.22. The van der Waals surface area contributed by atoms with Crippen molar-refractivity contribution in [2.24, 2.45) is 0 Å². The average Bonchev–Trinajstić information content (AvgIpc) is 2.80. The van der Waals surface area contributed by atoms with E-state index in [1.165, 1.54) is 18.3 Å². The van der Waals surface area contributed by atoms with Crippen molar-refractivity contribution in [1.29, 1.82) is 0 Å². The number of fused-ring (bicyclic) bond motifs is 1. The number of nitrogens with zero attached hydrogens (tertiary/aromatic N) is 2. The molecule has 176 valence electrons. The summed E-state index contributed by atoms with van der Waals surface area (Å²) in [5.41, 5.74) is -1.68. The average molecular weight is 477 g/mol. The molecule has 0 spiro atoms. The number of aromatic carboxylic acids is 1. The third-order valence-electron chi connectivity index (χ3n) is 5.13. The maximum absolute atomic E-state index is 14.6. The van der Waals surface area contributed by atoms with Gasteiger partial charge in [-0.2, -0.15) is 0 Å². The number of carboxylic acids is 1. The fourth-order valence-corrected chi connectivity index (χ4v) is 3.65. The first-order valence-electron chi connectivity index (χ1n) is 9.75. The Morgan fingerprint density at radius 2 is 1.91 bits per heavy atom. The Morgan fingerprint density at radius 3 is 2.62 bits per heavy atom. The van der Waals surface area contributed by atoms with Crippen LogP contribution in [0.15, 0.2) is 54.9 Å². The highest BCUT2D eigenvalue weighted by Crippen LogP contribution is 2.42. The Bertz CT molecular complexity index is 1270. The van der Waals surface area contributed by atoms with Gasteiger partial charge in [-0.25, -0.2) is 9.18 Å². The standard InChI is InChI=1S/C22H15F4N3O5/c23-14-11-13(3-4-16(14)34-22(24,25)26)21(6-9-33-17-2-1-7-28-18(17)21)29-19(30)15-10-12(20(31)32)5-8-27-15/h1-5,7-8,10-11H,6,9H2,(H,29,30)(H,31,32). The first kappa shape index (κ1) is 23.0. The zero-order valence-corrected chi connectivity index (χ0v) is 17.1. The second kappa shape index (κ2) is 8.61. The maximum Gasteiger partial charge on any atom is 0.573 e. The van der Waals surface area contributed by atoms with E-state index in [1.807, 2.05) is 0 Å². The Labute approximate surface area is 189 Å². The highest BCUT2D eigenvalue weighted by molar-refractivity contribution is 5.96. The van der Waals surface area contributed by atoms with Crippen molar-refractivity contribution in [3.63, 3.8) is 0 Å². The SMILES string of the molecule is O=C(O)c1ccnc(C(=O)NC2(c3ccc(OC(F)(F)F)c(F)c3)CCOc3cccnc32)c1. The van der Waals surface area contributed by atoms with Crippen molar-refractivity contribution >= 4 is 11.9 Å². The predicted molar refractivity (Wildman–Crippen MR) is 107 cm³/mol. The minimum atomic E-state index is -5.10. The van der Waals surface area contributed by atoms with Crippen LogP contribution < -0.4 is 14.8 Å². The molecule has 0 fully saturated rings. The first-order valence-corrected chi connectivity index (χ1v) is 9.75. The molecule has 0 radical (unpaired) electrons. The van der Waals surface area contributed by atoms with E-state index in [0.29, 0.717) is 0 Å². The number of aromatic nitrogens is 2. The van der Waals surface area contributed by atoms with Crippen LogP contribution in [0.25, 0.3) is 0 Å². The van der Waals surface area contributed by atoms with Crippen molar-refractivity contribution in [1.82, 2.24) is 15.3 Å². The van der Waals surface area contributed by atoms with Crippen molar-refractivity contribution in [2.75, 3.05) is 6.61 Å². The van der Waals surface area contributed by atoms with E-state index >= 15 is 0 Å². The van der Waals surface area contributed by atoms with Crippen LogP contribution in [-0.2, 0) is 5.54 Å². The van der Waals surface area contributed by atoms with Crippen LogP contribution in [0.5, 0.6) is 11.5 Å². The number of hydrogen-bond acceptors (Lipinski definition) is 6. The van der Waals surface area contributed by atoms with E-state index in [0.717, 1.165) is 24.4 Å². The molecular weight excluding hydrogens is 462 g/mol. The van der Waals surface area contributed by atoms with E-state index < -0.39 is 35.3 Å². The number of alkyl halides is 3. The molecule has 1 unspecified atom stereocenters. The van der Waals surface area contributed by atoms with E-state index in [4.69, 9.17) is 4.74 Å². The lowest BCUT2D eigenvalue weighted by atomic mass is 9.81. The summed E-state index contributed by atoms with van der Waals surface area (Å²) < 4.78 is 61.6. The maximum atomic E-state index is 14.6. The summed E-state index contributed by atoms with van der Waals surface area (Å²) in [6.45, 7) is 0.0595. The molecule has 2 N–H and O–H groups in total. The van der Waals surface area contributed by atoms with Crippen molar-refractivity contribution in [3.8, 4) is 11.5 Å². The summed E-state index contributed by atoms with van der Waals surface area (Å²) in [7, 11) is 0. The quantitative estimate of drug-likeness (QED) is 0.540. The van der Waals surface area contributed by atoms with E-state index in [1.54, 1.807) is 12.1 Å². The lowest BCUT2D eigenvalue weighted by Gasteiger charge is -2.39. The molecule has 8 nitrogen and oxygen atoms in total. The number of halogens is 4. The third-order valence-corrected chi connectivity index (χ3v) is 5.13. The highest BCUT2D eigenvalue weighted by atomic mass is 19.4. The van der Waals surface area contributed by atoms with Gasteiger partial charge in [0.05, 0.1) is 12.2 Å². The molecule has 0 bridgehead atoms. The van der Waals surface area contributed by atoms with Crippen molar-refractivity contribution < 1.29 is 41.7 Å². The topological polar surface area (TPSA) is 111 Å². The van der Waals surface area contributed by atoms with Crippen LogP contribution in [0.2, 0.25) is 0 Å². The largest absolute Gasteiger partial charge is 0.573 e. The molecule has 3 aromatic rings. The number of nitrogens with one attached hydrogen (secondary N) is 1. The van der Waals surface area contributed by atoms with Crippen LogP contribution in [0.1, 0.15) is 38.5 Å². The molecule has 0 saturated carbocycles. The number of carboxylic acid groups (broad SMARTS) is 1. The van der Waals surface area contributed by atoms with Gasteiger partial charge in [0.15, 0.2) is 11.6 Å². The molecule has 1 aliphatic rings. The Kier molecular flexibility index (Phi) is 5.82. The minimum Gasteiger partial charge on any atom is -0.491 e. The lowest BCUT2D eigenvalue weighted by molar-refractivity contribution is -0.275. The van der Waals surface area contributed by atoms with Gasteiger partial charge in [0, 0.05) is 18.8 Å². The first-order chi connectivity index (χ1) is 16.1. The molecule has 1 aromatic carbocycles. The molecule has 0 aliphatic carbocycles. The normalized spacial score (nSPS) is 17.3. The molecule has 1 amide bonds. The highest BCUT2D eigenvalue weighted by Gasteiger charge is 2.43. The van der Waals surface area contributed by atoms with Crippen molar-refractivity contribution in [3.05, 3.63) is 83.2 Å². The van der Waals surface area contributed by atoms with Gasteiger partial charge in [0.1, 0.15) is 22.7 Å². The summed E-state index contributed by atoms with van der Waals surface area (Å²) in [4.78, 5) is 32.5. The fourth-order valence-electron chi connectivity index (χ4n) is 3.65. The molecule has 12 heteroatoms. The zero-order chi connectivity index (χ0) is 24.5. The minimum absolute atomic E-state index is 0.0420. The van der Waals surface area contributed by atoms with Gasteiger partial charge in [0.25, 0.3) is 5.91 Å². The fraction of sp³-hybridized carbons (Fsp3) is 0.182. The second-order valence-electron chi connectivity index (χ2n) is 7.24. The van der Waals surface area contributed by atoms with E-state index in [9.17, 15) is 32.3 Å². The number of hydrogen-bond donors (Lipinski definition) is 2. The van der Waals surface area contributed by atoms with E-state index in [2.05, 4.69) is 20.0 Å². The molecule has 4 rings (SSSR count). The predicted octanol–water partition coefficient (Wildman–Crippen LogP) is 3.67. The number of carbonyl (C=O) groups excluding carboxylic acids is 1. The van der Waals surface area contributed by atoms with Gasteiger partial charge in [-0.15, -0.1) is 13.2 Å². The molecule has 2 aromatic heterocycles. The van der Waals surface area contributed by atoms with Gasteiger partial charge < -0.3 is 19.9 Å². The summed E-state index contributed by atoms with van der Waals surface area (Å²) in [6.07, 6.45) is -2.50. The summed E-state index contributed by atoms with van der Waals surface area (Å²) in [5.74, 6) is -4.15. The molecule has 34 heavy (non-hydrogen) atoms. The number of amides is 1. The summed E-state index contributed by atoms with van der Waals surface area (Å²) in [5, 5.41) is 11.9. The number of ether oxygens (including phenoxy) is 2. The van der Waals surface area contributed by atoms with Crippen LogP contribution >= 0.6 is 0 Å². The number of carbonyl (C=O) groups is 2. The van der Waals surface area contributed by atoms with Crippen LogP contribution in [0.4, 0.5) is 17.6 Å². The second-order valence-corrected chi connectivity index (χ2v) is 7.24.